The van der Waals surface area contributed by atoms with E-state index in [9.17, 15) is 4.79 Å². The molecular weight excluding hydrogens is 678 g/mol. The normalized spacial score (nSPS) is 23.2. The molecule has 4 aliphatic rings. The molecular formula is C44H40FN7O2. The number of carbonyl (C=O) groups is 1. The van der Waals surface area contributed by atoms with Gasteiger partial charge in [0, 0.05) is 12.2 Å². The van der Waals surface area contributed by atoms with Crippen LogP contribution in [0.2, 0.25) is 0 Å². The Hall–Kier alpha value is -5.90. The van der Waals surface area contributed by atoms with Crippen molar-refractivity contribution in [3.05, 3.63) is 144 Å². The maximum absolute atomic E-state index is 15.3. The number of hydrogen-bond acceptors (Lipinski definition) is 7. The molecule has 4 heterocycles. The summed E-state index contributed by atoms with van der Waals surface area (Å²) in [6, 6.07) is 35.9. The van der Waals surface area contributed by atoms with Crippen LogP contribution in [0.3, 0.4) is 0 Å². The van der Waals surface area contributed by atoms with Crippen molar-refractivity contribution in [2.45, 2.75) is 44.2 Å². The predicted molar refractivity (Wildman–Crippen MR) is 204 cm³/mol. The molecule has 54 heavy (non-hydrogen) atoms. The van der Waals surface area contributed by atoms with Crippen LogP contribution in [-0.4, -0.2) is 48.0 Å². The predicted octanol–water partition coefficient (Wildman–Crippen LogP) is 8.15. The Kier molecular flexibility index (Phi) is 7.82. The fourth-order valence-corrected chi connectivity index (χ4v) is 10.2. The molecule has 4 saturated carbocycles. The number of rotatable bonds is 9. The van der Waals surface area contributed by atoms with Gasteiger partial charge < -0.3 is 10.1 Å². The molecule has 7 aromatic rings. The van der Waals surface area contributed by atoms with Crippen LogP contribution in [-0.2, 0) is 15.1 Å². The number of anilines is 1. The van der Waals surface area contributed by atoms with Crippen molar-refractivity contribution in [1.82, 2.24) is 29.4 Å². The van der Waals surface area contributed by atoms with Crippen molar-refractivity contribution < 1.29 is 13.9 Å². The molecule has 2 unspecified atom stereocenters. The number of ether oxygens (including phenoxy) is 1. The van der Waals surface area contributed by atoms with Crippen LogP contribution < -0.4 is 5.32 Å². The number of nitrogens with zero attached hydrogens (tertiary/aromatic N) is 6. The first-order valence-corrected chi connectivity index (χ1v) is 19.1. The second kappa shape index (κ2) is 12.9. The average molecular weight is 718 g/mol. The lowest BCUT2D eigenvalue weighted by Gasteiger charge is -2.61. The smallest absolute Gasteiger partial charge is 0.311 e. The second-order valence-corrected chi connectivity index (χ2v) is 15.0. The average Bonchev–Trinajstić information content (AvgIpc) is 3.82. The number of halogens is 1. The quantitative estimate of drug-likeness (QED) is 0.119. The van der Waals surface area contributed by atoms with Gasteiger partial charge in [-0.15, -0.1) is 5.10 Å². The zero-order chi connectivity index (χ0) is 36.4. The van der Waals surface area contributed by atoms with Crippen LogP contribution in [0.25, 0.3) is 28.1 Å². The van der Waals surface area contributed by atoms with Crippen LogP contribution >= 0.6 is 0 Å². The molecule has 0 saturated heterocycles. The Balaban J connectivity index is 1.18. The summed E-state index contributed by atoms with van der Waals surface area (Å²) in [5.74, 6) is 1.90. The van der Waals surface area contributed by atoms with Gasteiger partial charge >= 0.3 is 5.97 Å². The molecule has 4 fully saturated rings. The number of nitrogens with one attached hydrogen (secondary N) is 1. The van der Waals surface area contributed by atoms with Crippen LogP contribution in [0.4, 0.5) is 10.2 Å². The molecule has 2 bridgehead atoms. The number of esters is 1. The van der Waals surface area contributed by atoms with E-state index in [-0.39, 0.29) is 17.9 Å². The van der Waals surface area contributed by atoms with Gasteiger partial charge in [0.05, 0.1) is 24.1 Å². The Morgan fingerprint density at radius 2 is 1.43 bits per heavy atom. The molecule has 9 nitrogen and oxygen atoms in total. The van der Waals surface area contributed by atoms with Crippen LogP contribution in [0.5, 0.6) is 0 Å². The minimum Gasteiger partial charge on any atom is -0.466 e. The molecule has 3 aromatic carbocycles. The third-order valence-electron chi connectivity index (χ3n) is 12.5. The molecule has 4 aliphatic carbocycles. The van der Waals surface area contributed by atoms with Gasteiger partial charge in [-0.3, -0.25) is 4.79 Å². The highest BCUT2D eigenvalue weighted by atomic mass is 19.1. The van der Waals surface area contributed by atoms with Gasteiger partial charge in [-0.05, 0) is 91.2 Å². The van der Waals surface area contributed by atoms with Gasteiger partial charge in [-0.1, -0.05) is 91.0 Å². The lowest BCUT2D eigenvalue weighted by atomic mass is 9.46. The number of carbonyl (C=O) groups excluding carboxylic acids is 1. The Bertz CT molecular complexity index is 2390. The molecule has 4 aromatic heterocycles. The minimum atomic E-state index is -1.00. The van der Waals surface area contributed by atoms with Crippen LogP contribution in [0.1, 0.15) is 49.3 Å². The molecule has 0 spiro atoms. The summed E-state index contributed by atoms with van der Waals surface area (Å²) in [7, 11) is 0. The van der Waals surface area contributed by atoms with E-state index in [2.05, 4.69) is 41.7 Å². The van der Waals surface area contributed by atoms with Gasteiger partial charge in [-0.25, -0.2) is 23.6 Å². The standard InChI is InChI=1S/C44H40FN7O2/c1-2-54-43(53)37-33-22-23-34(32-21-20-31(32)33)38(37)47-40-36-19-12-24-51(36)50-41(48-40)39-35-25-30(45)26-46-42(35)52(49-39)44(27-13-6-3-7-14-27,28-15-8-4-9-16-28)29-17-10-5-11-18-29/h3-19,24-26,31-34,37-38H,2,20-23H2,1H3,(H,47,48,50)/t31?,32?,33-,34+,37+,38+/m0/s1. The van der Waals surface area contributed by atoms with E-state index in [1.807, 2.05) is 84.5 Å². The van der Waals surface area contributed by atoms with Gasteiger partial charge in [-0.2, -0.15) is 5.10 Å². The van der Waals surface area contributed by atoms with E-state index in [0.29, 0.717) is 58.6 Å². The summed E-state index contributed by atoms with van der Waals surface area (Å²) in [4.78, 5) is 23.6. The molecule has 0 amide bonds. The van der Waals surface area contributed by atoms with E-state index in [0.717, 1.165) is 35.0 Å². The number of hydrogen-bond donors (Lipinski definition) is 1. The summed E-state index contributed by atoms with van der Waals surface area (Å²) < 4.78 is 24.7. The van der Waals surface area contributed by atoms with Crippen molar-refractivity contribution >= 4 is 28.3 Å². The van der Waals surface area contributed by atoms with Crippen molar-refractivity contribution in [2.24, 2.45) is 29.6 Å². The monoisotopic (exact) mass is 717 g/mol. The Labute approximate surface area is 312 Å². The summed E-state index contributed by atoms with van der Waals surface area (Å²) in [6.45, 7) is 2.22. The zero-order valence-corrected chi connectivity index (χ0v) is 29.9. The highest BCUT2D eigenvalue weighted by Gasteiger charge is 2.59. The molecule has 270 valence electrons. The van der Waals surface area contributed by atoms with Crippen molar-refractivity contribution in [3.63, 3.8) is 0 Å². The number of benzene rings is 3. The number of pyridine rings is 1. The summed E-state index contributed by atoms with van der Waals surface area (Å²) in [5.41, 5.74) is 3.54. The highest BCUT2D eigenvalue weighted by Crippen LogP contribution is 2.60. The Morgan fingerprint density at radius 3 is 2.06 bits per heavy atom. The fourth-order valence-electron chi connectivity index (χ4n) is 10.2. The first kappa shape index (κ1) is 32.7. The van der Waals surface area contributed by atoms with E-state index < -0.39 is 11.4 Å². The summed E-state index contributed by atoms with van der Waals surface area (Å²) in [6.07, 6.45) is 7.63. The summed E-state index contributed by atoms with van der Waals surface area (Å²) in [5, 5.41) is 14.6. The second-order valence-electron chi connectivity index (χ2n) is 15.0. The van der Waals surface area contributed by atoms with Crippen molar-refractivity contribution in [2.75, 3.05) is 11.9 Å². The third-order valence-corrected chi connectivity index (χ3v) is 12.5. The fraction of sp³-hybridized carbons (Fsp3) is 0.295. The van der Waals surface area contributed by atoms with Gasteiger partial charge in [0.15, 0.2) is 11.5 Å². The lowest BCUT2D eigenvalue weighted by Crippen LogP contribution is -2.62. The van der Waals surface area contributed by atoms with Crippen LogP contribution in [0, 0.1) is 35.4 Å². The molecule has 10 heteroatoms. The van der Waals surface area contributed by atoms with Gasteiger partial charge in [0.1, 0.15) is 22.6 Å². The molecule has 0 radical (unpaired) electrons. The van der Waals surface area contributed by atoms with E-state index in [1.165, 1.54) is 25.1 Å². The molecule has 1 N–H and O–H groups in total. The van der Waals surface area contributed by atoms with Gasteiger partial charge in [0.2, 0.25) is 5.82 Å². The largest absolute Gasteiger partial charge is 0.466 e. The van der Waals surface area contributed by atoms with E-state index >= 15 is 4.39 Å². The molecule has 0 aliphatic heterocycles. The maximum atomic E-state index is 15.3. The molecule has 6 atom stereocenters. The van der Waals surface area contributed by atoms with Crippen molar-refractivity contribution in [3.8, 4) is 11.5 Å². The lowest BCUT2D eigenvalue weighted by molar-refractivity contribution is -0.166. The van der Waals surface area contributed by atoms with E-state index in [1.54, 1.807) is 4.52 Å². The summed E-state index contributed by atoms with van der Waals surface area (Å²) >= 11 is 0. The van der Waals surface area contributed by atoms with Crippen LogP contribution in [0.15, 0.2) is 122 Å². The Morgan fingerprint density at radius 1 is 0.815 bits per heavy atom. The first-order valence-electron chi connectivity index (χ1n) is 19.1. The minimum absolute atomic E-state index is 0.124. The number of aromatic nitrogens is 6. The maximum Gasteiger partial charge on any atom is 0.311 e. The van der Waals surface area contributed by atoms with E-state index in [4.69, 9.17) is 24.9 Å². The van der Waals surface area contributed by atoms with Gasteiger partial charge in [0.25, 0.3) is 0 Å². The number of fused-ring (bicyclic) bond motifs is 4. The third kappa shape index (κ3) is 4.92. The highest BCUT2D eigenvalue weighted by molar-refractivity contribution is 5.90. The zero-order valence-electron chi connectivity index (χ0n) is 29.9. The molecule has 11 rings (SSSR count). The topological polar surface area (TPSA) is 99.2 Å². The van der Waals surface area contributed by atoms with Crippen molar-refractivity contribution in [1.29, 1.82) is 0 Å². The SMILES string of the molecule is CCOC(=O)[C@H]1[C@H](Nc2nc(-c3nn(C(c4ccccc4)(c4ccccc4)c4ccccc4)c4ncc(F)cc34)nn3cccc23)[C@@H]2CC[C@H]1C1CCC12. The first-order chi connectivity index (χ1) is 26.6.